The summed E-state index contributed by atoms with van der Waals surface area (Å²) in [5.74, 6) is 1.63. The number of allylic oxidation sites excluding steroid dienone is 4. The minimum atomic E-state index is -0.336. The second kappa shape index (κ2) is 6.64. The van der Waals surface area contributed by atoms with Crippen molar-refractivity contribution in [1.82, 2.24) is 0 Å². The molecule has 0 amide bonds. The lowest BCUT2D eigenvalue weighted by Gasteiger charge is -2.51. The van der Waals surface area contributed by atoms with E-state index in [-0.39, 0.29) is 28.4 Å². The van der Waals surface area contributed by atoms with E-state index in [2.05, 4.69) is 41.3 Å². The van der Waals surface area contributed by atoms with E-state index in [0.717, 1.165) is 30.5 Å². The molecule has 0 bridgehead atoms. The summed E-state index contributed by atoms with van der Waals surface area (Å²) in [6.45, 7) is 2.63. The van der Waals surface area contributed by atoms with Crippen LogP contribution in [0, 0.1) is 22.0 Å². The van der Waals surface area contributed by atoms with Gasteiger partial charge in [-0.05, 0) is 60.4 Å². The molecule has 0 aromatic heterocycles. The van der Waals surface area contributed by atoms with E-state index in [1.807, 2.05) is 12.1 Å². The molecule has 2 aromatic rings. The molecule has 5 atom stereocenters. The molecule has 6 rings (SSSR count). The standard InChI is InChI=1S/C26H24N2O3/c1-15(29)18-12-23-20-5-2-4-17(20)14-27-25(16-8-10-19(11-9-16)28(30)31)22-7-3-6-21(22)24(13-18)26(23)27/h2-3,5-6,8-13,17,20-22,25H,4,7,14H2,1H3/t17-,20+,21+,22-,25+/m1/s1. The summed E-state index contributed by atoms with van der Waals surface area (Å²) in [7, 11) is 0. The van der Waals surface area contributed by atoms with Gasteiger partial charge in [-0.25, -0.2) is 0 Å². The van der Waals surface area contributed by atoms with Crippen LogP contribution >= 0.6 is 0 Å². The van der Waals surface area contributed by atoms with E-state index >= 15 is 0 Å². The lowest BCUT2D eigenvalue weighted by atomic mass is 9.70. The van der Waals surface area contributed by atoms with Crippen LogP contribution in [0.4, 0.5) is 11.4 Å². The van der Waals surface area contributed by atoms with Crippen LogP contribution in [0.1, 0.15) is 64.7 Å². The highest BCUT2D eigenvalue weighted by Gasteiger charge is 2.47. The Labute approximate surface area is 181 Å². The van der Waals surface area contributed by atoms with Crippen molar-refractivity contribution in [3.63, 3.8) is 0 Å². The summed E-state index contributed by atoms with van der Waals surface area (Å²) < 4.78 is 0. The normalized spacial score (nSPS) is 29.5. The molecule has 156 valence electrons. The fraction of sp³-hybridized carbons (Fsp3) is 0.346. The van der Waals surface area contributed by atoms with Crippen molar-refractivity contribution in [2.24, 2.45) is 11.8 Å². The van der Waals surface area contributed by atoms with Crippen molar-refractivity contribution in [2.75, 3.05) is 11.4 Å². The van der Waals surface area contributed by atoms with Crippen molar-refractivity contribution in [3.05, 3.63) is 93.1 Å². The Bertz CT molecular complexity index is 1150. The number of hydrogen-bond acceptors (Lipinski definition) is 4. The first kappa shape index (κ1) is 18.6. The van der Waals surface area contributed by atoms with Crippen molar-refractivity contribution >= 4 is 17.2 Å². The molecule has 0 fully saturated rings. The van der Waals surface area contributed by atoms with Crippen molar-refractivity contribution < 1.29 is 9.72 Å². The summed E-state index contributed by atoms with van der Waals surface area (Å²) in [4.78, 5) is 25.7. The van der Waals surface area contributed by atoms with Crippen LogP contribution in [-0.2, 0) is 0 Å². The molecule has 5 nitrogen and oxygen atoms in total. The number of non-ortho nitro benzene ring substituents is 1. The van der Waals surface area contributed by atoms with Crippen LogP contribution in [0.5, 0.6) is 0 Å². The average molecular weight is 412 g/mol. The first-order valence-corrected chi connectivity index (χ1v) is 11.1. The minimum Gasteiger partial charge on any atom is -0.363 e. The fourth-order valence-electron chi connectivity index (χ4n) is 6.35. The highest BCUT2D eigenvalue weighted by Crippen LogP contribution is 2.59. The van der Waals surface area contributed by atoms with E-state index in [9.17, 15) is 14.9 Å². The Kier molecular flexibility index (Phi) is 3.98. The number of nitro benzene ring substituents is 1. The first-order valence-electron chi connectivity index (χ1n) is 11.1. The Morgan fingerprint density at radius 1 is 1.03 bits per heavy atom. The van der Waals surface area contributed by atoms with E-state index in [0.29, 0.717) is 17.8 Å². The Balaban J connectivity index is 1.55. The molecule has 2 aliphatic heterocycles. The van der Waals surface area contributed by atoms with Crippen LogP contribution in [0.2, 0.25) is 0 Å². The topological polar surface area (TPSA) is 63.4 Å². The second-order valence-electron chi connectivity index (χ2n) is 9.31. The summed E-state index contributed by atoms with van der Waals surface area (Å²) in [5, 5.41) is 11.2. The molecular weight excluding hydrogens is 388 g/mol. The van der Waals surface area contributed by atoms with Crippen molar-refractivity contribution in [1.29, 1.82) is 0 Å². The number of hydrogen-bond donors (Lipinski definition) is 0. The number of benzene rings is 2. The zero-order valence-corrected chi connectivity index (χ0v) is 17.4. The van der Waals surface area contributed by atoms with E-state index in [1.54, 1.807) is 19.1 Å². The predicted molar refractivity (Wildman–Crippen MR) is 120 cm³/mol. The maximum absolute atomic E-state index is 12.4. The molecule has 0 N–H and O–H groups in total. The fourth-order valence-corrected chi connectivity index (χ4v) is 6.35. The lowest BCUT2D eigenvalue weighted by molar-refractivity contribution is -0.384. The summed E-state index contributed by atoms with van der Waals surface area (Å²) in [5.41, 5.74) is 5.92. The molecule has 0 saturated carbocycles. The van der Waals surface area contributed by atoms with Gasteiger partial charge in [0.15, 0.2) is 5.78 Å². The summed E-state index contributed by atoms with van der Waals surface area (Å²) in [6, 6.07) is 11.5. The van der Waals surface area contributed by atoms with Gasteiger partial charge in [0, 0.05) is 41.8 Å². The highest BCUT2D eigenvalue weighted by molar-refractivity contribution is 5.95. The van der Waals surface area contributed by atoms with E-state index < -0.39 is 0 Å². The molecule has 0 saturated heterocycles. The number of anilines is 1. The molecule has 31 heavy (non-hydrogen) atoms. The van der Waals surface area contributed by atoms with Gasteiger partial charge in [0.25, 0.3) is 5.69 Å². The number of Topliss-reactive ketones (excluding diaryl/α,β-unsaturated/α-hetero) is 1. The number of rotatable bonds is 3. The van der Waals surface area contributed by atoms with Gasteiger partial charge in [0.2, 0.25) is 0 Å². The summed E-state index contributed by atoms with van der Waals surface area (Å²) in [6.07, 6.45) is 11.2. The molecule has 4 aliphatic rings. The number of carbonyl (C=O) groups excluding carboxylic acids is 1. The largest absolute Gasteiger partial charge is 0.363 e. The molecule has 0 unspecified atom stereocenters. The number of nitro groups is 1. The number of ketones is 1. The third kappa shape index (κ3) is 2.65. The monoisotopic (exact) mass is 412 g/mol. The molecule has 2 aliphatic carbocycles. The lowest BCUT2D eigenvalue weighted by Crippen LogP contribution is -2.46. The molecule has 0 spiro atoms. The highest BCUT2D eigenvalue weighted by atomic mass is 16.6. The summed E-state index contributed by atoms with van der Waals surface area (Å²) >= 11 is 0. The van der Waals surface area contributed by atoms with Gasteiger partial charge < -0.3 is 4.90 Å². The van der Waals surface area contributed by atoms with E-state index in [4.69, 9.17) is 0 Å². The van der Waals surface area contributed by atoms with Crippen LogP contribution in [-0.4, -0.2) is 17.3 Å². The van der Waals surface area contributed by atoms with Crippen LogP contribution < -0.4 is 4.90 Å². The third-order valence-electron chi connectivity index (χ3n) is 7.70. The van der Waals surface area contributed by atoms with Gasteiger partial charge in [0.1, 0.15) is 0 Å². The number of fused-ring (bicyclic) bond motifs is 4. The van der Waals surface area contributed by atoms with Crippen LogP contribution in [0.3, 0.4) is 0 Å². The predicted octanol–water partition coefficient (Wildman–Crippen LogP) is 5.69. The maximum Gasteiger partial charge on any atom is 0.269 e. The van der Waals surface area contributed by atoms with Crippen LogP contribution in [0.15, 0.2) is 60.7 Å². The minimum absolute atomic E-state index is 0.116. The quantitative estimate of drug-likeness (QED) is 0.281. The first-order chi connectivity index (χ1) is 15.0. The second-order valence-corrected chi connectivity index (χ2v) is 9.31. The number of nitrogens with zero attached hydrogens (tertiary/aromatic N) is 2. The zero-order valence-electron chi connectivity index (χ0n) is 17.4. The van der Waals surface area contributed by atoms with Gasteiger partial charge in [-0.3, -0.25) is 14.9 Å². The Morgan fingerprint density at radius 2 is 1.71 bits per heavy atom. The van der Waals surface area contributed by atoms with Crippen molar-refractivity contribution in [2.45, 2.75) is 37.6 Å². The SMILES string of the molecule is CC(=O)c1cc2c3c(c1)[C@H]1C=CC[C@H]1[C@H](c1ccc([N+](=O)[O-])cc1)N3C[C@H]1CC=C[C@H]21. The van der Waals surface area contributed by atoms with Gasteiger partial charge in [-0.2, -0.15) is 0 Å². The molecule has 5 heteroatoms. The Morgan fingerprint density at radius 3 is 2.42 bits per heavy atom. The molecule has 0 radical (unpaired) electrons. The van der Waals surface area contributed by atoms with E-state index in [1.165, 1.54) is 16.8 Å². The van der Waals surface area contributed by atoms with Crippen LogP contribution in [0.25, 0.3) is 0 Å². The Hall–Kier alpha value is -3.21. The smallest absolute Gasteiger partial charge is 0.269 e. The van der Waals surface area contributed by atoms with Crippen molar-refractivity contribution in [3.8, 4) is 0 Å². The molecule has 2 heterocycles. The molecular formula is C26H24N2O3. The number of carbonyl (C=O) groups is 1. The van der Waals surface area contributed by atoms with Gasteiger partial charge in [0.05, 0.1) is 11.0 Å². The van der Waals surface area contributed by atoms with Gasteiger partial charge in [-0.1, -0.05) is 36.4 Å². The third-order valence-corrected chi connectivity index (χ3v) is 7.70. The molecule has 2 aromatic carbocycles. The zero-order chi connectivity index (χ0) is 21.3. The maximum atomic E-state index is 12.4. The van der Waals surface area contributed by atoms with Gasteiger partial charge >= 0.3 is 0 Å². The average Bonchev–Trinajstić information content (AvgIpc) is 3.43. The van der Waals surface area contributed by atoms with Gasteiger partial charge in [-0.15, -0.1) is 0 Å².